The van der Waals surface area contributed by atoms with Crippen molar-refractivity contribution in [1.29, 1.82) is 0 Å². The third kappa shape index (κ3) is 2.62. The molecular weight excluding hydrogens is 446 g/mol. The highest BCUT2D eigenvalue weighted by atomic mass is 16.3. The van der Waals surface area contributed by atoms with Crippen molar-refractivity contribution in [1.82, 2.24) is 13.9 Å². The first-order valence-electron chi connectivity index (χ1n) is 11.7. The Morgan fingerprint density at radius 1 is 1.00 bits per heavy atom. The van der Waals surface area contributed by atoms with Crippen LogP contribution in [0, 0.1) is 11.3 Å². The van der Waals surface area contributed by atoms with Crippen molar-refractivity contribution < 1.29 is 14.7 Å². The van der Waals surface area contributed by atoms with Crippen LogP contribution in [0.15, 0.2) is 69.3 Å². The van der Waals surface area contributed by atoms with E-state index >= 15 is 0 Å². The standard InChI is InChI=1S/C27H25N3O5/c1-14-12-22(32)19-13-20-18(10-11-29-25(34)28(3)26(35)30(20)29)23(27(19,2)24(14)33)17-8-9-21(31)16-7-5-4-6-15(16)17/h4-10,12,19-20,23,31H,11,13H2,1-3H3/t19-,20+,23-,27+/m0/s1. The summed E-state index contributed by atoms with van der Waals surface area (Å²) < 4.78 is 3.94. The fourth-order valence-corrected chi connectivity index (χ4v) is 6.67. The lowest BCUT2D eigenvalue weighted by molar-refractivity contribution is -0.139. The molecule has 1 N–H and O–H groups in total. The van der Waals surface area contributed by atoms with Gasteiger partial charge < -0.3 is 5.11 Å². The van der Waals surface area contributed by atoms with Gasteiger partial charge in [0.05, 0.1) is 18.0 Å². The van der Waals surface area contributed by atoms with Gasteiger partial charge in [-0.15, -0.1) is 0 Å². The van der Waals surface area contributed by atoms with E-state index in [0.29, 0.717) is 11.0 Å². The molecule has 2 aromatic carbocycles. The second-order valence-electron chi connectivity index (χ2n) is 10.1. The number of carbonyl (C=O) groups is 2. The van der Waals surface area contributed by atoms with Gasteiger partial charge in [0.1, 0.15) is 5.75 Å². The first-order valence-corrected chi connectivity index (χ1v) is 11.7. The average Bonchev–Trinajstić information content (AvgIpc) is 3.07. The van der Waals surface area contributed by atoms with E-state index in [4.69, 9.17) is 0 Å². The van der Waals surface area contributed by atoms with E-state index in [1.165, 1.54) is 22.5 Å². The SMILES string of the molecule is CC1=CC(=O)[C@@H]2C[C@@H]3C(=CCn4c(=O)n(C)c(=O)n43)[C@H](c3ccc(O)c4ccccc34)[C@]2(C)C1=O. The van der Waals surface area contributed by atoms with Crippen LogP contribution in [0.1, 0.15) is 37.8 Å². The fraction of sp³-hybridized carbons (Fsp3) is 0.333. The number of Topliss-reactive ketones (excluding diaryl/α,β-unsaturated/α-hetero) is 1. The number of benzene rings is 2. The van der Waals surface area contributed by atoms with E-state index in [-0.39, 0.29) is 30.3 Å². The molecule has 3 aliphatic rings. The number of aromatic nitrogens is 3. The van der Waals surface area contributed by atoms with E-state index in [9.17, 15) is 24.3 Å². The second kappa shape index (κ2) is 7.04. The van der Waals surface area contributed by atoms with Gasteiger partial charge in [-0.1, -0.05) is 43.3 Å². The number of hydrogen-bond acceptors (Lipinski definition) is 5. The Labute approximate surface area is 200 Å². The molecule has 6 rings (SSSR count). The zero-order valence-corrected chi connectivity index (χ0v) is 19.7. The van der Waals surface area contributed by atoms with Crippen LogP contribution >= 0.6 is 0 Å². The second-order valence-corrected chi connectivity index (χ2v) is 10.1. The molecule has 1 aliphatic heterocycles. The minimum Gasteiger partial charge on any atom is -0.507 e. The summed E-state index contributed by atoms with van der Waals surface area (Å²) in [7, 11) is 1.45. The first-order chi connectivity index (χ1) is 16.7. The third-order valence-electron chi connectivity index (χ3n) is 8.34. The minimum absolute atomic E-state index is 0.0908. The number of allylic oxidation sites excluding steroid dienone is 4. The molecular formula is C27H25N3O5. The molecule has 4 atom stereocenters. The molecule has 1 aromatic heterocycles. The van der Waals surface area contributed by atoms with E-state index in [1.807, 2.05) is 43.3 Å². The Morgan fingerprint density at radius 3 is 2.46 bits per heavy atom. The number of fused-ring (bicyclic) bond motifs is 5. The molecule has 1 saturated carbocycles. The van der Waals surface area contributed by atoms with E-state index in [0.717, 1.165) is 21.1 Å². The smallest absolute Gasteiger partial charge is 0.347 e. The summed E-state index contributed by atoms with van der Waals surface area (Å²) in [5, 5.41) is 12.0. The quantitative estimate of drug-likeness (QED) is 0.550. The summed E-state index contributed by atoms with van der Waals surface area (Å²) in [6.45, 7) is 3.73. The summed E-state index contributed by atoms with van der Waals surface area (Å²) in [6, 6.07) is 10.3. The van der Waals surface area contributed by atoms with Crippen LogP contribution in [0.5, 0.6) is 5.75 Å². The Bertz CT molecular complexity index is 1650. The minimum atomic E-state index is -1.07. The van der Waals surface area contributed by atoms with Gasteiger partial charge in [-0.2, -0.15) is 0 Å². The largest absolute Gasteiger partial charge is 0.507 e. The summed E-state index contributed by atoms with van der Waals surface area (Å²) in [5.41, 5.74) is 0.168. The molecule has 0 bridgehead atoms. The fourth-order valence-electron chi connectivity index (χ4n) is 6.67. The number of aromatic hydroxyl groups is 1. The van der Waals surface area contributed by atoms with E-state index < -0.39 is 34.7 Å². The van der Waals surface area contributed by atoms with Crippen LogP contribution in [0.3, 0.4) is 0 Å². The lowest BCUT2D eigenvalue weighted by Gasteiger charge is -2.52. The van der Waals surface area contributed by atoms with E-state index in [2.05, 4.69) is 0 Å². The number of rotatable bonds is 1. The van der Waals surface area contributed by atoms with Gasteiger partial charge in [0.15, 0.2) is 11.6 Å². The number of carbonyl (C=O) groups excluding carboxylic acids is 2. The van der Waals surface area contributed by atoms with Crippen LogP contribution < -0.4 is 11.4 Å². The Kier molecular flexibility index (Phi) is 4.34. The molecule has 8 nitrogen and oxygen atoms in total. The maximum absolute atomic E-state index is 13.8. The van der Waals surface area contributed by atoms with Crippen molar-refractivity contribution in [2.45, 2.75) is 38.8 Å². The molecule has 0 spiro atoms. The zero-order chi connectivity index (χ0) is 24.8. The molecule has 2 heterocycles. The van der Waals surface area contributed by atoms with Gasteiger partial charge in [0.25, 0.3) is 0 Å². The summed E-state index contributed by atoms with van der Waals surface area (Å²) in [6.07, 6.45) is 3.61. The molecule has 2 aliphatic carbocycles. The normalized spacial score (nSPS) is 27.7. The Hall–Kier alpha value is -3.94. The predicted octanol–water partition coefficient (Wildman–Crippen LogP) is 2.60. The van der Waals surface area contributed by atoms with E-state index in [1.54, 1.807) is 13.0 Å². The number of nitrogens with zero attached hydrogens (tertiary/aromatic N) is 3. The lowest BCUT2D eigenvalue weighted by Crippen LogP contribution is -2.54. The molecule has 0 unspecified atom stereocenters. The van der Waals surface area contributed by atoms with Crippen LogP contribution in [0.25, 0.3) is 10.8 Å². The number of ketones is 2. The van der Waals surface area contributed by atoms with Crippen LogP contribution in [0.2, 0.25) is 0 Å². The van der Waals surface area contributed by atoms with Crippen LogP contribution in [0.4, 0.5) is 0 Å². The Morgan fingerprint density at radius 2 is 1.71 bits per heavy atom. The third-order valence-corrected chi connectivity index (χ3v) is 8.34. The summed E-state index contributed by atoms with van der Waals surface area (Å²) >= 11 is 0. The average molecular weight is 472 g/mol. The zero-order valence-electron chi connectivity index (χ0n) is 19.7. The van der Waals surface area contributed by atoms with Crippen molar-refractivity contribution in [3.8, 4) is 5.75 Å². The van der Waals surface area contributed by atoms with Gasteiger partial charge in [0, 0.05) is 24.3 Å². The van der Waals surface area contributed by atoms with Crippen LogP contribution in [-0.2, 0) is 23.2 Å². The molecule has 0 amide bonds. The highest BCUT2D eigenvalue weighted by molar-refractivity contribution is 6.13. The van der Waals surface area contributed by atoms with Crippen molar-refractivity contribution in [3.63, 3.8) is 0 Å². The number of hydrogen-bond donors (Lipinski definition) is 1. The topological polar surface area (TPSA) is 103 Å². The predicted molar refractivity (Wildman–Crippen MR) is 129 cm³/mol. The van der Waals surface area contributed by atoms with Crippen molar-refractivity contribution in [2.24, 2.45) is 18.4 Å². The molecule has 8 heteroatoms. The lowest BCUT2D eigenvalue weighted by atomic mass is 9.50. The van der Waals surface area contributed by atoms with Gasteiger partial charge in [-0.3, -0.25) is 9.59 Å². The molecule has 1 fully saturated rings. The van der Waals surface area contributed by atoms with Gasteiger partial charge in [-0.05, 0) is 47.6 Å². The van der Waals surface area contributed by atoms with Crippen molar-refractivity contribution in [3.05, 3.63) is 86.2 Å². The molecule has 0 saturated heterocycles. The maximum atomic E-state index is 13.8. The number of phenols is 1. The van der Waals surface area contributed by atoms with Crippen molar-refractivity contribution >= 4 is 22.3 Å². The maximum Gasteiger partial charge on any atom is 0.347 e. The van der Waals surface area contributed by atoms with Gasteiger partial charge in [-0.25, -0.2) is 23.5 Å². The molecule has 0 radical (unpaired) electrons. The molecule has 35 heavy (non-hydrogen) atoms. The highest BCUT2D eigenvalue weighted by Gasteiger charge is 2.59. The summed E-state index contributed by atoms with van der Waals surface area (Å²) in [5.74, 6) is -1.28. The van der Waals surface area contributed by atoms with Gasteiger partial charge >= 0.3 is 11.4 Å². The molecule has 3 aromatic rings. The summed E-state index contributed by atoms with van der Waals surface area (Å²) in [4.78, 5) is 53.0. The van der Waals surface area contributed by atoms with Crippen LogP contribution in [-0.4, -0.2) is 30.6 Å². The first kappa shape index (κ1) is 21.6. The van der Waals surface area contributed by atoms with Gasteiger partial charge in [0.2, 0.25) is 0 Å². The highest BCUT2D eigenvalue weighted by Crippen LogP contribution is 2.60. The van der Waals surface area contributed by atoms with Crippen molar-refractivity contribution in [2.75, 3.05) is 0 Å². The monoisotopic (exact) mass is 471 g/mol. The molecule has 178 valence electrons. The number of phenolic OH excluding ortho intramolecular Hbond substituents is 1. The Balaban J connectivity index is 1.69.